The van der Waals surface area contributed by atoms with Gasteiger partial charge < -0.3 is 10.4 Å². The number of benzene rings is 1. The number of hydrogen-bond donors (Lipinski definition) is 2. The van der Waals surface area contributed by atoms with E-state index in [1.54, 1.807) is 24.3 Å². The predicted molar refractivity (Wildman–Crippen MR) is 57.3 cm³/mol. The van der Waals surface area contributed by atoms with Gasteiger partial charge in [-0.1, -0.05) is 0 Å². The van der Waals surface area contributed by atoms with Gasteiger partial charge in [-0.3, -0.25) is 14.4 Å². The van der Waals surface area contributed by atoms with Crippen LogP contribution in [-0.2, 0) is 9.59 Å². The van der Waals surface area contributed by atoms with Gasteiger partial charge in [0.25, 0.3) is 0 Å². The second-order valence-corrected chi connectivity index (χ2v) is 3.25. The third-order valence-electron chi connectivity index (χ3n) is 1.89. The van der Waals surface area contributed by atoms with Crippen LogP contribution in [-0.4, -0.2) is 22.8 Å². The predicted octanol–water partition coefficient (Wildman–Crippen LogP) is 1.30. The van der Waals surface area contributed by atoms with Gasteiger partial charge in [0, 0.05) is 11.3 Å². The summed E-state index contributed by atoms with van der Waals surface area (Å²) in [5.41, 5.74) is 1.01. The highest BCUT2D eigenvalue weighted by molar-refractivity contribution is 6.01. The molecule has 16 heavy (non-hydrogen) atoms. The van der Waals surface area contributed by atoms with Crippen LogP contribution in [0.25, 0.3) is 0 Å². The van der Waals surface area contributed by atoms with E-state index in [1.165, 1.54) is 6.92 Å². The number of carboxylic acids is 1. The zero-order valence-corrected chi connectivity index (χ0v) is 8.69. The van der Waals surface area contributed by atoms with Gasteiger partial charge >= 0.3 is 5.97 Å². The summed E-state index contributed by atoms with van der Waals surface area (Å²) in [7, 11) is 0. The third kappa shape index (κ3) is 3.53. The smallest absolute Gasteiger partial charge is 0.312 e. The number of carboxylic acid groups (broad SMARTS) is 1. The summed E-state index contributed by atoms with van der Waals surface area (Å²) in [6, 6.07) is 6.24. The zero-order valence-electron chi connectivity index (χ0n) is 8.69. The van der Waals surface area contributed by atoms with Crippen molar-refractivity contribution >= 4 is 23.3 Å². The summed E-state index contributed by atoms with van der Waals surface area (Å²) in [5.74, 6) is -1.84. The minimum atomic E-state index is -1.18. The Bertz CT molecular complexity index is 422. The van der Waals surface area contributed by atoms with E-state index >= 15 is 0 Å². The average Bonchev–Trinajstić information content (AvgIpc) is 2.16. The van der Waals surface area contributed by atoms with E-state index in [4.69, 9.17) is 5.11 Å². The first-order valence-corrected chi connectivity index (χ1v) is 4.61. The first kappa shape index (κ1) is 11.9. The maximum absolute atomic E-state index is 11.1. The molecule has 2 N–H and O–H groups in total. The summed E-state index contributed by atoms with van der Waals surface area (Å²) in [5, 5.41) is 10.8. The molecule has 0 aliphatic heterocycles. The van der Waals surface area contributed by atoms with E-state index in [9.17, 15) is 14.4 Å². The molecule has 0 aromatic heterocycles. The second kappa shape index (κ2) is 5.06. The minimum Gasteiger partial charge on any atom is -0.481 e. The Kier molecular flexibility index (Phi) is 3.77. The number of aliphatic carboxylic acids is 1. The van der Waals surface area contributed by atoms with Crippen molar-refractivity contribution in [2.75, 3.05) is 5.32 Å². The van der Waals surface area contributed by atoms with Crippen molar-refractivity contribution < 1.29 is 19.5 Å². The fourth-order valence-electron chi connectivity index (χ4n) is 1.13. The van der Waals surface area contributed by atoms with Crippen molar-refractivity contribution in [2.24, 2.45) is 0 Å². The van der Waals surface area contributed by atoms with Crippen LogP contribution in [0.15, 0.2) is 24.3 Å². The molecule has 0 bridgehead atoms. The van der Waals surface area contributed by atoms with Crippen LogP contribution in [0.4, 0.5) is 5.69 Å². The highest BCUT2D eigenvalue weighted by Crippen LogP contribution is 2.10. The van der Waals surface area contributed by atoms with Crippen molar-refractivity contribution in [3.63, 3.8) is 0 Å². The normalized spacial score (nSPS) is 9.56. The highest BCUT2D eigenvalue weighted by atomic mass is 16.4. The SMILES string of the molecule is CC(=O)c1ccc(NC(=O)CC(=O)O)cc1. The molecule has 5 heteroatoms. The topological polar surface area (TPSA) is 83.5 Å². The summed E-state index contributed by atoms with van der Waals surface area (Å²) >= 11 is 0. The van der Waals surface area contributed by atoms with Gasteiger partial charge in [0.05, 0.1) is 0 Å². The molecule has 1 aromatic carbocycles. The lowest BCUT2D eigenvalue weighted by Gasteiger charge is -2.03. The molecule has 0 fully saturated rings. The van der Waals surface area contributed by atoms with E-state index in [0.717, 1.165) is 0 Å². The quantitative estimate of drug-likeness (QED) is 0.593. The molecule has 0 unspecified atom stereocenters. The van der Waals surface area contributed by atoms with Crippen LogP contribution in [0.1, 0.15) is 23.7 Å². The fourth-order valence-corrected chi connectivity index (χ4v) is 1.13. The lowest BCUT2D eigenvalue weighted by atomic mass is 10.1. The van der Waals surface area contributed by atoms with Crippen LogP contribution in [0, 0.1) is 0 Å². The molecule has 1 aromatic rings. The summed E-state index contributed by atoms with van der Waals surface area (Å²) in [4.78, 5) is 32.3. The van der Waals surface area contributed by atoms with Crippen molar-refractivity contribution in [1.29, 1.82) is 0 Å². The maximum atomic E-state index is 11.1. The van der Waals surface area contributed by atoms with Crippen molar-refractivity contribution in [3.05, 3.63) is 29.8 Å². The van der Waals surface area contributed by atoms with Gasteiger partial charge in [0.2, 0.25) is 5.91 Å². The Morgan fingerprint density at radius 1 is 1.19 bits per heavy atom. The molecular weight excluding hydrogens is 210 g/mol. The standard InChI is InChI=1S/C11H11NO4/c1-7(13)8-2-4-9(5-3-8)12-10(14)6-11(15)16/h2-5H,6H2,1H3,(H,12,14)(H,15,16). The maximum Gasteiger partial charge on any atom is 0.312 e. The number of Topliss-reactive ketones (excluding diaryl/α,β-unsaturated/α-hetero) is 1. The first-order chi connectivity index (χ1) is 7.49. The Hall–Kier alpha value is -2.17. The van der Waals surface area contributed by atoms with Gasteiger partial charge in [0.1, 0.15) is 6.42 Å². The lowest BCUT2D eigenvalue weighted by molar-refractivity contribution is -0.139. The molecule has 5 nitrogen and oxygen atoms in total. The molecule has 0 saturated carbocycles. The van der Waals surface area contributed by atoms with Gasteiger partial charge in [-0.05, 0) is 31.2 Å². The molecular formula is C11H11NO4. The van der Waals surface area contributed by atoms with Crippen LogP contribution < -0.4 is 5.32 Å². The van der Waals surface area contributed by atoms with Gasteiger partial charge in [-0.2, -0.15) is 0 Å². The Morgan fingerprint density at radius 2 is 1.75 bits per heavy atom. The molecule has 0 saturated heterocycles. The molecule has 0 atom stereocenters. The fraction of sp³-hybridized carbons (Fsp3) is 0.182. The number of anilines is 1. The van der Waals surface area contributed by atoms with Crippen molar-refractivity contribution in [2.45, 2.75) is 13.3 Å². The van der Waals surface area contributed by atoms with Crippen molar-refractivity contribution in [3.8, 4) is 0 Å². The largest absolute Gasteiger partial charge is 0.481 e. The third-order valence-corrected chi connectivity index (χ3v) is 1.89. The molecule has 0 aliphatic carbocycles. The Morgan fingerprint density at radius 3 is 2.19 bits per heavy atom. The highest BCUT2D eigenvalue weighted by Gasteiger charge is 2.07. The van der Waals surface area contributed by atoms with E-state index in [0.29, 0.717) is 11.3 Å². The van der Waals surface area contributed by atoms with Crippen LogP contribution in [0.3, 0.4) is 0 Å². The van der Waals surface area contributed by atoms with Crippen LogP contribution >= 0.6 is 0 Å². The van der Waals surface area contributed by atoms with Gasteiger partial charge in [-0.25, -0.2) is 0 Å². The number of carbonyl (C=O) groups is 3. The molecule has 0 radical (unpaired) electrons. The number of ketones is 1. The minimum absolute atomic E-state index is 0.0663. The molecule has 1 amide bonds. The van der Waals surface area contributed by atoms with E-state index < -0.39 is 18.3 Å². The number of nitrogens with one attached hydrogen (secondary N) is 1. The van der Waals surface area contributed by atoms with E-state index in [1.807, 2.05) is 0 Å². The molecule has 0 aliphatic rings. The van der Waals surface area contributed by atoms with Gasteiger partial charge in [0.15, 0.2) is 5.78 Å². The second-order valence-electron chi connectivity index (χ2n) is 3.25. The lowest BCUT2D eigenvalue weighted by Crippen LogP contribution is -2.15. The number of carbonyl (C=O) groups excluding carboxylic acids is 2. The number of hydrogen-bond acceptors (Lipinski definition) is 3. The van der Waals surface area contributed by atoms with Crippen LogP contribution in [0.5, 0.6) is 0 Å². The average molecular weight is 221 g/mol. The Labute approximate surface area is 92.1 Å². The van der Waals surface area contributed by atoms with E-state index in [-0.39, 0.29) is 5.78 Å². The number of rotatable bonds is 4. The summed E-state index contributed by atoms with van der Waals surface area (Å²) in [6.07, 6.45) is -0.575. The number of amides is 1. The Balaban J connectivity index is 2.65. The van der Waals surface area contributed by atoms with Crippen molar-refractivity contribution in [1.82, 2.24) is 0 Å². The van der Waals surface area contributed by atoms with E-state index in [2.05, 4.69) is 5.32 Å². The van der Waals surface area contributed by atoms with Gasteiger partial charge in [-0.15, -0.1) is 0 Å². The monoisotopic (exact) mass is 221 g/mol. The zero-order chi connectivity index (χ0) is 12.1. The molecule has 84 valence electrons. The summed E-state index contributed by atoms with van der Waals surface area (Å²) in [6.45, 7) is 1.44. The summed E-state index contributed by atoms with van der Waals surface area (Å²) < 4.78 is 0. The molecule has 0 spiro atoms. The molecule has 0 heterocycles. The first-order valence-electron chi connectivity index (χ1n) is 4.61. The van der Waals surface area contributed by atoms with Crippen LogP contribution in [0.2, 0.25) is 0 Å². The molecule has 1 rings (SSSR count).